The number of ether oxygens (including phenoxy) is 1. The van der Waals surface area contributed by atoms with Crippen LogP contribution < -0.4 is 0 Å². The van der Waals surface area contributed by atoms with Crippen LogP contribution in [0.25, 0.3) is 11.6 Å². The summed E-state index contributed by atoms with van der Waals surface area (Å²) in [5.41, 5.74) is 3.46. The average molecular weight is 576 g/mol. The monoisotopic (exact) mass is 575 g/mol. The second-order valence-electron chi connectivity index (χ2n) is 12.0. The van der Waals surface area contributed by atoms with Gasteiger partial charge in [0.15, 0.2) is 0 Å². The molecule has 2 fully saturated rings. The molecule has 0 radical (unpaired) electrons. The maximum atomic E-state index is 13.2. The minimum absolute atomic E-state index is 0.177. The maximum Gasteiger partial charge on any atom is 0.410 e. The summed E-state index contributed by atoms with van der Waals surface area (Å²) >= 11 is 6.58. The van der Waals surface area contributed by atoms with Gasteiger partial charge in [0.05, 0.1) is 30.0 Å². The van der Waals surface area contributed by atoms with Crippen molar-refractivity contribution in [2.45, 2.75) is 63.2 Å². The Labute approximate surface area is 246 Å². The number of hydrogen-bond acceptors (Lipinski definition) is 6. The van der Waals surface area contributed by atoms with Gasteiger partial charge in [-0.05, 0) is 86.1 Å². The van der Waals surface area contributed by atoms with Crippen LogP contribution in [0.1, 0.15) is 80.1 Å². The zero-order valence-electron chi connectivity index (χ0n) is 24.0. The molecule has 3 heterocycles. The zero-order valence-corrected chi connectivity index (χ0v) is 24.8. The predicted molar refractivity (Wildman–Crippen MR) is 159 cm³/mol. The number of carbonyl (C=O) groups excluding carboxylic acids is 1. The Morgan fingerprint density at radius 2 is 1.90 bits per heavy atom. The van der Waals surface area contributed by atoms with Crippen molar-refractivity contribution >= 4 is 29.3 Å². The fourth-order valence-electron chi connectivity index (χ4n) is 6.74. The number of piperazine rings is 1. The van der Waals surface area contributed by atoms with Gasteiger partial charge in [0.25, 0.3) is 0 Å². The minimum atomic E-state index is -1.34. The van der Waals surface area contributed by atoms with Crippen LogP contribution in [0.4, 0.5) is 4.79 Å². The number of imidazole rings is 1. The number of fused-ring (bicyclic) bond motifs is 2. The second kappa shape index (κ2) is 10.9. The van der Waals surface area contributed by atoms with Crippen LogP contribution in [0.2, 0.25) is 5.02 Å². The number of aromatic nitrogens is 3. The summed E-state index contributed by atoms with van der Waals surface area (Å²) in [6.45, 7) is 6.35. The van der Waals surface area contributed by atoms with E-state index in [0.29, 0.717) is 36.9 Å². The van der Waals surface area contributed by atoms with Gasteiger partial charge >= 0.3 is 6.09 Å². The van der Waals surface area contributed by atoms with Gasteiger partial charge in [-0.3, -0.25) is 9.88 Å². The van der Waals surface area contributed by atoms with E-state index in [0.717, 1.165) is 53.6 Å². The minimum Gasteiger partial charge on any atom is -0.443 e. The van der Waals surface area contributed by atoms with Crippen LogP contribution in [-0.4, -0.2) is 67.3 Å². The Hall–Kier alpha value is -3.20. The third kappa shape index (κ3) is 5.29. The van der Waals surface area contributed by atoms with Crippen molar-refractivity contribution in [3.63, 3.8) is 0 Å². The zero-order chi connectivity index (χ0) is 28.8. The highest BCUT2D eigenvalue weighted by atomic mass is 35.5. The number of pyridine rings is 1. The molecule has 1 saturated heterocycles. The average Bonchev–Trinajstić information content (AvgIpc) is 3.34. The van der Waals surface area contributed by atoms with E-state index in [1.54, 1.807) is 19.4 Å². The Morgan fingerprint density at radius 3 is 2.61 bits per heavy atom. The standard InChI is InChI=1S/C32H38ClN5O3/c1-31(11-5-4-6-12-31)41-30(39)38-16-14-37(15-17-38)29-24-10-9-23(33)19-25(24)26(18-22-8-7-13-35-28(22)29)32(2,40)27-20-34-21-36(27)3/h7-10,13,18-21,29,40H,4-6,11-12,14-17H2,1-3H3/t29-,32?/m0/s1. The topological polar surface area (TPSA) is 83.7 Å². The van der Waals surface area contributed by atoms with Gasteiger partial charge in [0.1, 0.15) is 11.2 Å². The molecule has 2 aliphatic carbocycles. The van der Waals surface area contributed by atoms with E-state index in [-0.39, 0.29) is 17.7 Å². The fourth-order valence-corrected chi connectivity index (χ4v) is 6.91. The van der Waals surface area contributed by atoms with E-state index >= 15 is 0 Å². The van der Waals surface area contributed by atoms with Crippen molar-refractivity contribution in [3.05, 3.63) is 82.2 Å². The molecule has 41 heavy (non-hydrogen) atoms. The lowest BCUT2D eigenvalue weighted by atomic mass is 9.84. The first kappa shape index (κ1) is 27.9. The summed E-state index contributed by atoms with van der Waals surface area (Å²) in [6.07, 6.45) is 12.3. The normalized spacial score (nSPS) is 22.1. The molecule has 8 nitrogen and oxygen atoms in total. The van der Waals surface area contributed by atoms with Crippen LogP contribution in [0.3, 0.4) is 0 Å². The molecule has 9 heteroatoms. The Bertz CT molecular complexity index is 1470. The summed E-state index contributed by atoms with van der Waals surface area (Å²) < 4.78 is 7.88. The van der Waals surface area contributed by atoms with Crippen LogP contribution in [0, 0.1) is 0 Å². The molecule has 6 rings (SSSR count). The first-order valence-corrected chi connectivity index (χ1v) is 14.9. The number of nitrogens with zero attached hydrogens (tertiary/aromatic N) is 5. The van der Waals surface area contributed by atoms with Gasteiger partial charge in [-0.1, -0.05) is 30.2 Å². The molecule has 0 bridgehead atoms. The molecule has 0 spiro atoms. The van der Waals surface area contributed by atoms with Gasteiger partial charge in [0.2, 0.25) is 0 Å². The Morgan fingerprint density at radius 1 is 1.15 bits per heavy atom. The van der Waals surface area contributed by atoms with Crippen molar-refractivity contribution < 1.29 is 14.6 Å². The van der Waals surface area contributed by atoms with E-state index in [2.05, 4.69) is 16.8 Å². The number of halogens is 1. The summed E-state index contributed by atoms with van der Waals surface area (Å²) in [7, 11) is 1.88. The van der Waals surface area contributed by atoms with Crippen LogP contribution in [0.5, 0.6) is 0 Å². The third-order valence-corrected chi connectivity index (χ3v) is 9.29. The summed E-state index contributed by atoms with van der Waals surface area (Å²) in [5, 5.41) is 12.6. The molecule has 2 atom stereocenters. The van der Waals surface area contributed by atoms with Gasteiger partial charge in [-0.2, -0.15) is 0 Å². The van der Waals surface area contributed by atoms with E-state index in [4.69, 9.17) is 21.3 Å². The highest BCUT2D eigenvalue weighted by Gasteiger charge is 2.40. The first-order valence-electron chi connectivity index (χ1n) is 14.5. The number of benzene rings is 1. The molecule has 1 saturated carbocycles. The number of carbonyl (C=O) groups is 1. The van der Waals surface area contributed by atoms with Crippen molar-refractivity contribution in [1.29, 1.82) is 0 Å². The molecule has 1 N–H and O–H groups in total. The summed E-state index contributed by atoms with van der Waals surface area (Å²) in [6, 6.07) is 9.67. The number of rotatable bonds is 4. The molecule has 2 aromatic heterocycles. The van der Waals surface area contributed by atoms with Crippen molar-refractivity contribution in [3.8, 4) is 0 Å². The first-order chi connectivity index (χ1) is 19.7. The highest BCUT2D eigenvalue weighted by Crippen LogP contribution is 2.46. The van der Waals surface area contributed by atoms with Gasteiger partial charge < -0.3 is 19.3 Å². The second-order valence-corrected chi connectivity index (χ2v) is 12.5. The molecule has 216 valence electrons. The van der Waals surface area contributed by atoms with Crippen molar-refractivity contribution in [2.75, 3.05) is 26.2 Å². The Kier molecular flexibility index (Phi) is 7.42. The lowest BCUT2D eigenvalue weighted by molar-refractivity contribution is -0.0276. The smallest absolute Gasteiger partial charge is 0.410 e. The molecule has 1 aliphatic heterocycles. The number of amides is 1. The van der Waals surface area contributed by atoms with Crippen LogP contribution >= 0.6 is 11.6 Å². The molecule has 1 unspecified atom stereocenters. The quantitative estimate of drug-likeness (QED) is 0.423. The van der Waals surface area contributed by atoms with E-state index in [1.807, 2.05) is 59.1 Å². The maximum absolute atomic E-state index is 13.2. The van der Waals surface area contributed by atoms with Gasteiger partial charge in [-0.25, -0.2) is 9.78 Å². The summed E-state index contributed by atoms with van der Waals surface area (Å²) in [4.78, 5) is 26.5. The van der Waals surface area contributed by atoms with Crippen LogP contribution in [0.15, 0.2) is 49.1 Å². The number of hydrogen-bond donors (Lipinski definition) is 1. The lowest BCUT2D eigenvalue weighted by Crippen LogP contribution is -2.51. The highest BCUT2D eigenvalue weighted by molar-refractivity contribution is 6.30. The number of aryl methyl sites for hydroxylation is 1. The fraction of sp³-hybridized carbons (Fsp3) is 0.469. The molecule has 3 aliphatic rings. The predicted octanol–water partition coefficient (Wildman–Crippen LogP) is 5.80. The van der Waals surface area contributed by atoms with Crippen molar-refractivity contribution in [1.82, 2.24) is 24.3 Å². The van der Waals surface area contributed by atoms with E-state index in [9.17, 15) is 9.90 Å². The van der Waals surface area contributed by atoms with Crippen LogP contribution in [-0.2, 0) is 17.4 Å². The van der Waals surface area contributed by atoms with E-state index in [1.165, 1.54) is 6.42 Å². The SMILES string of the molecule is Cn1cncc1C(C)(O)C1=Cc2cccnc2[C@@H](N2CCN(C(=O)OC3(C)CCCCC3)CC2)c2ccc(Cl)cc21. The molecule has 1 aromatic carbocycles. The lowest BCUT2D eigenvalue weighted by Gasteiger charge is -2.41. The van der Waals surface area contributed by atoms with Crippen molar-refractivity contribution in [2.24, 2.45) is 7.05 Å². The Balaban J connectivity index is 1.33. The summed E-state index contributed by atoms with van der Waals surface area (Å²) in [5.74, 6) is 0. The van der Waals surface area contributed by atoms with E-state index < -0.39 is 5.60 Å². The number of aliphatic hydroxyl groups is 1. The molecular formula is C32H38ClN5O3. The molecular weight excluding hydrogens is 538 g/mol. The molecule has 3 aromatic rings. The molecule has 1 amide bonds. The van der Waals surface area contributed by atoms with Gasteiger partial charge in [-0.15, -0.1) is 0 Å². The third-order valence-electron chi connectivity index (χ3n) is 9.05. The largest absolute Gasteiger partial charge is 0.443 e. The van der Waals surface area contributed by atoms with Gasteiger partial charge in [0, 0.05) is 44.4 Å².